The van der Waals surface area contributed by atoms with Crippen LogP contribution in [0.5, 0.6) is 0 Å². The van der Waals surface area contributed by atoms with Crippen molar-refractivity contribution >= 4 is 66.4 Å². The topological polar surface area (TPSA) is 43.3 Å². The second kappa shape index (κ2) is 6.74. The molecule has 1 unspecified atom stereocenters. The number of fused-ring (bicyclic) bond motifs is 11. The Morgan fingerprint density at radius 3 is 2.59 bits per heavy atom. The Kier molecular flexibility index (Phi) is 3.55. The Hall–Kier alpha value is -4.70. The fourth-order valence-corrected chi connectivity index (χ4v) is 6.36. The van der Waals surface area contributed by atoms with Crippen LogP contribution in [0.3, 0.4) is 0 Å². The number of allylic oxidation sites excluding steroid dienone is 1. The van der Waals surface area contributed by atoms with Gasteiger partial charge in [-0.1, -0.05) is 73.7 Å². The van der Waals surface area contributed by atoms with Crippen LogP contribution in [0.25, 0.3) is 77.5 Å². The SMILES string of the molecule is CC1CC=Cc2nc3c4c5oc6ccccc6c5cc5c6ccc(-c7ccccc7)cc6n(c3nc21)c54. The fourth-order valence-electron chi connectivity index (χ4n) is 6.36. The summed E-state index contributed by atoms with van der Waals surface area (Å²) in [6.07, 6.45) is 5.32. The van der Waals surface area contributed by atoms with E-state index in [9.17, 15) is 0 Å². The van der Waals surface area contributed by atoms with Crippen molar-refractivity contribution in [1.82, 2.24) is 14.4 Å². The van der Waals surface area contributed by atoms with Crippen LogP contribution in [0.2, 0.25) is 0 Å². The summed E-state index contributed by atoms with van der Waals surface area (Å²) in [7, 11) is 0. The standard InChI is InChI=1S/C33H21N3O/c1-18-8-7-12-25-29(18)35-33-30(34-25)28-31-23(17-24-22-11-5-6-13-27(22)37-32(24)28)21-15-14-20(16-26(21)36(31)33)19-9-3-2-4-10-19/h2-7,9-18H,8H2,1H3. The molecule has 1 atom stereocenters. The van der Waals surface area contributed by atoms with Crippen LogP contribution in [0.15, 0.2) is 89.4 Å². The summed E-state index contributed by atoms with van der Waals surface area (Å²) in [6.45, 7) is 2.24. The van der Waals surface area contributed by atoms with E-state index in [1.54, 1.807) is 0 Å². The highest BCUT2D eigenvalue weighted by Crippen LogP contribution is 2.46. The third-order valence-electron chi connectivity index (χ3n) is 8.11. The van der Waals surface area contributed by atoms with Crippen molar-refractivity contribution < 1.29 is 4.42 Å². The number of furan rings is 1. The van der Waals surface area contributed by atoms with Crippen molar-refractivity contribution in [1.29, 1.82) is 0 Å². The normalized spacial score (nSPS) is 15.8. The van der Waals surface area contributed by atoms with Crippen molar-refractivity contribution in [3.8, 4) is 11.1 Å². The molecule has 0 fully saturated rings. The van der Waals surface area contributed by atoms with E-state index in [0.717, 1.165) is 67.3 Å². The first kappa shape index (κ1) is 19.5. The highest BCUT2D eigenvalue weighted by atomic mass is 16.3. The van der Waals surface area contributed by atoms with Gasteiger partial charge in [-0.3, -0.25) is 4.40 Å². The lowest BCUT2D eigenvalue weighted by Crippen LogP contribution is -2.06. The quantitative estimate of drug-likeness (QED) is 0.238. The molecule has 0 spiro atoms. The third kappa shape index (κ3) is 2.42. The molecule has 9 rings (SSSR count). The molecule has 0 aliphatic heterocycles. The minimum absolute atomic E-state index is 0.338. The molecule has 4 heteroatoms. The molecule has 4 nitrogen and oxygen atoms in total. The Bertz CT molecular complexity index is 2230. The molecule has 8 aromatic rings. The van der Waals surface area contributed by atoms with E-state index < -0.39 is 0 Å². The monoisotopic (exact) mass is 475 g/mol. The molecule has 0 N–H and O–H groups in total. The van der Waals surface area contributed by atoms with Gasteiger partial charge in [0.15, 0.2) is 5.65 Å². The lowest BCUT2D eigenvalue weighted by Gasteiger charge is -2.15. The molecule has 4 aromatic carbocycles. The number of para-hydroxylation sites is 1. The molecular weight excluding hydrogens is 454 g/mol. The Morgan fingerprint density at radius 1 is 0.811 bits per heavy atom. The second-order valence-corrected chi connectivity index (χ2v) is 10.3. The third-order valence-corrected chi connectivity index (χ3v) is 8.11. The number of nitrogens with zero attached hydrogens (tertiary/aromatic N) is 3. The predicted molar refractivity (Wildman–Crippen MR) is 151 cm³/mol. The van der Waals surface area contributed by atoms with Gasteiger partial charge < -0.3 is 4.42 Å². The van der Waals surface area contributed by atoms with Crippen LogP contribution in [-0.4, -0.2) is 14.4 Å². The maximum absolute atomic E-state index is 6.53. The average Bonchev–Trinajstić information content (AvgIpc) is 3.58. The second-order valence-electron chi connectivity index (χ2n) is 10.3. The van der Waals surface area contributed by atoms with Crippen LogP contribution in [0.4, 0.5) is 0 Å². The molecule has 1 aliphatic rings. The summed E-state index contributed by atoms with van der Waals surface area (Å²) >= 11 is 0. The molecule has 0 radical (unpaired) electrons. The van der Waals surface area contributed by atoms with E-state index in [1.165, 1.54) is 21.9 Å². The molecule has 37 heavy (non-hydrogen) atoms. The highest BCUT2D eigenvalue weighted by Gasteiger charge is 2.27. The van der Waals surface area contributed by atoms with Crippen molar-refractivity contribution in [2.24, 2.45) is 0 Å². The molecular formula is C33H21N3O. The van der Waals surface area contributed by atoms with Crippen molar-refractivity contribution in [3.05, 3.63) is 96.3 Å². The molecule has 174 valence electrons. The molecule has 4 aromatic heterocycles. The smallest absolute Gasteiger partial charge is 0.164 e. The highest BCUT2D eigenvalue weighted by molar-refractivity contribution is 6.32. The van der Waals surface area contributed by atoms with Gasteiger partial charge in [-0.2, -0.15) is 0 Å². The van der Waals surface area contributed by atoms with Crippen LogP contribution in [0.1, 0.15) is 30.7 Å². The van der Waals surface area contributed by atoms with Crippen molar-refractivity contribution in [2.75, 3.05) is 0 Å². The maximum Gasteiger partial charge on any atom is 0.164 e. The summed E-state index contributed by atoms with van der Waals surface area (Å²) in [5, 5.41) is 5.75. The summed E-state index contributed by atoms with van der Waals surface area (Å²) in [5.74, 6) is 0.338. The largest absolute Gasteiger partial charge is 0.455 e. The van der Waals surface area contributed by atoms with E-state index in [2.05, 4.69) is 90.2 Å². The van der Waals surface area contributed by atoms with Crippen molar-refractivity contribution in [2.45, 2.75) is 19.3 Å². The zero-order chi connectivity index (χ0) is 24.2. The number of hydrogen-bond acceptors (Lipinski definition) is 3. The van der Waals surface area contributed by atoms with E-state index in [1.807, 2.05) is 12.1 Å². The van der Waals surface area contributed by atoms with Gasteiger partial charge in [-0.05, 0) is 41.8 Å². The summed E-state index contributed by atoms with van der Waals surface area (Å²) < 4.78 is 8.85. The summed E-state index contributed by atoms with van der Waals surface area (Å²) in [4.78, 5) is 10.5. The summed E-state index contributed by atoms with van der Waals surface area (Å²) in [6, 6.07) is 27.9. The number of hydrogen-bond donors (Lipinski definition) is 0. The van der Waals surface area contributed by atoms with E-state index >= 15 is 0 Å². The number of benzene rings is 4. The first-order chi connectivity index (χ1) is 18.3. The molecule has 0 saturated heterocycles. The first-order valence-corrected chi connectivity index (χ1v) is 12.8. The first-order valence-electron chi connectivity index (χ1n) is 12.8. The zero-order valence-corrected chi connectivity index (χ0v) is 20.2. The van der Waals surface area contributed by atoms with Gasteiger partial charge in [0.25, 0.3) is 0 Å². The van der Waals surface area contributed by atoms with Crippen LogP contribution in [-0.2, 0) is 0 Å². The van der Waals surface area contributed by atoms with Crippen LogP contribution in [0, 0.1) is 0 Å². The number of rotatable bonds is 1. The van der Waals surface area contributed by atoms with Gasteiger partial charge in [0.05, 0.1) is 27.8 Å². The lowest BCUT2D eigenvalue weighted by atomic mass is 9.96. The van der Waals surface area contributed by atoms with Gasteiger partial charge >= 0.3 is 0 Å². The predicted octanol–water partition coefficient (Wildman–Crippen LogP) is 8.71. The van der Waals surface area contributed by atoms with Crippen LogP contribution >= 0.6 is 0 Å². The van der Waals surface area contributed by atoms with E-state index in [4.69, 9.17) is 14.4 Å². The van der Waals surface area contributed by atoms with Gasteiger partial charge in [0, 0.05) is 27.5 Å². The van der Waals surface area contributed by atoms with Gasteiger partial charge in [0.2, 0.25) is 0 Å². The number of aromatic nitrogens is 3. The lowest BCUT2D eigenvalue weighted by molar-refractivity contribution is 0.673. The minimum atomic E-state index is 0.338. The van der Waals surface area contributed by atoms with Gasteiger partial charge in [-0.25, -0.2) is 9.97 Å². The van der Waals surface area contributed by atoms with Crippen molar-refractivity contribution in [3.63, 3.8) is 0 Å². The van der Waals surface area contributed by atoms with Gasteiger partial charge in [0.1, 0.15) is 16.7 Å². The molecule has 0 bridgehead atoms. The maximum atomic E-state index is 6.53. The molecule has 0 amide bonds. The van der Waals surface area contributed by atoms with E-state index in [0.29, 0.717) is 5.92 Å². The zero-order valence-electron chi connectivity index (χ0n) is 20.2. The average molecular weight is 476 g/mol. The molecule has 1 aliphatic carbocycles. The van der Waals surface area contributed by atoms with E-state index in [-0.39, 0.29) is 0 Å². The van der Waals surface area contributed by atoms with Crippen LogP contribution < -0.4 is 0 Å². The Labute approximate surface area is 211 Å². The molecule has 0 saturated carbocycles. The van der Waals surface area contributed by atoms with Gasteiger partial charge in [-0.15, -0.1) is 0 Å². The fraction of sp³-hybridized carbons (Fsp3) is 0.0909. The molecule has 4 heterocycles. The Morgan fingerprint density at radius 2 is 1.68 bits per heavy atom. The minimum Gasteiger partial charge on any atom is -0.455 e. The Balaban J connectivity index is 1.54. The summed E-state index contributed by atoms with van der Waals surface area (Å²) in [5.41, 5.74) is 10.3.